The predicted octanol–water partition coefficient (Wildman–Crippen LogP) is 7.03. The third-order valence-corrected chi connectivity index (χ3v) is 7.86. The van der Waals surface area contributed by atoms with Gasteiger partial charge >= 0.3 is 0 Å². The average molecular weight is 560 g/mol. The zero-order valence-corrected chi connectivity index (χ0v) is 24.4. The van der Waals surface area contributed by atoms with E-state index in [0.717, 1.165) is 60.4 Å². The van der Waals surface area contributed by atoms with E-state index < -0.39 is 0 Å². The second kappa shape index (κ2) is 13.9. The lowest BCUT2D eigenvalue weighted by molar-refractivity contribution is -0.117. The van der Waals surface area contributed by atoms with E-state index in [0.29, 0.717) is 31.7 Å². The molecule has 0 saturated heterocycles. The Morgan fingerprint density at radius 2 is 1.79 bits per heavy atom. The van der Waals surface area contributed by atoms with Gasteiger partial charge in [0.05, 0.1) is 5.56 Å². The Labute approximate surface area is 248 Å². The fraction of sp³-hybridized carbons (Fsp3) is 0.306. The van der Waals surface area contributed by atoms with Gasteiger partial charge in [-0.1, -0.05) is 48.5 Å². The van der Waals surface area contributed by atoms with E-state index in [-0.39, 0.29) is 5.78 Å². The van der Waals surface area contributed by atoms with Crippen LogP contribution in [0.4, 0.5) is 0 Å². The molecule has 0 radical (unpaired) electrons. The summed E-state index contributed by atoms with van der Waals surface area (Å²) < 4.78 is 13.0. The van der Waals surface area contributed by atoms with Gasteiger partial charge in [0.1, 0.15) is 36.6 Å². The number of aromatic nitrogens is 1. The highest BCUT2D eigenvalue weighted by Crippen LogP contribution is 2.40. The highest BCUT2D eigenvalue weighted by atomic mass is 16.5. The van der Waals surface area contributed by atoms with E-state index in [9.17, 15) is 10.1 Å². The normalized spacial score (nSPS) is 12.0. The molecule has 0 aliphatic heterocycles. The van der Waals surface area contributed by atoms with Crippen molar-refractivity contribution in [2.24, 2.45) is 0 Å². The summed E-state index contributed by atoms with van der Waals surface area (Å²) >= 11 is 0. The monoisotopic (exact) mass is 559 g/mol. The summed E-state index contributed by atoms with van der Waals surface area (Å²) in [5.74, 6) is 1.86. The smallest absolute Gasteiger partial charge is 0.129 e. The van der Waals surface area contributed by atoms with Crippen molar-refractivity contribution < 1.29 is 14.3 Å². The minimum atomic E-state index is 0.209. The fourth-order valence-electron chi connectivity index (χ4n) is 5.63. The molecule has 0 atom stereocenters. The Morgan fingerprint density at radius 3 is 2.60 bits per heavy atom. The summed E-state index contributed by atoms with van der Waals surface area (Å²) in [5.41, 5.74) is 9.82. The summed E-state index contributed by atoms with van der Waals surface area (Å²) in [6, 6.07) is 22.8. The zero-order chi connectivity index (χ0) is 29.3. The van der Waals surface area contributed by atoms with Crippen LogP contribution in [0, 0.1) is 18.3 Å². The number of hydrogen-bond donors (Lipinski definition) is 1. The molecule has 1 aliphatic carbocycles. The number of nitriles is 1. The van der Waals surface area contributed by atoms with Gasteiger partial charge in [0.15, 0.2) is 0 Å². The maximum atomic E-state index is 11.4. The molecular weight excluding hydrogens is 522 g/mol. The Kier molecular flexibility index (Phi) is 9.63. The molecule has 0 spiro atoms. The van der Waals surface area contributed by atoms with Gasteiger partial charge in [-0.3, -0.25) is 4.98 Å². The molecule has 42 heavy (non-hydrogen) atoms. The molecule has 0 amide bonds. The van der Waals surface area contributed by atoms with Crippen LogP contribution in [-0.2, 0) is 37.4 Å². The van der Waals surface area contributed by atoms with Crippen molar-refractivity contribution in [3.63, 3.8) is 0 Å². The summed E-state index contributed by atoms with van der Waals surface area (Å²) in [6.45, 7) is 5.98. The molecule has 1 heterocycles. The van der Waals surface area contributed by atoms with Crippen LogP contribution in [0.25, 0.3) is 11.1 Å². The lowest BCUT2D eigenvalue weighted by atomic mass is 9.97. The van der Waals surface area contributed by atoms with E-state index in [1.165, 1.54) is 27.8 Å². The molecular formula is C36H37N3O3. The van der Waals surface area contributed by atoms with Crippen LogP contribution in [0.3, 0.4) is 0 Å². The molecule has 6 nitrogen and oxygen atoms in total. The first-order chi connectivity index (χ1) is 20.5. The minimum absolute atomic E-state index is 0.209. The highest BCUT2D eigenvalue weighted by Gasteiger charge is 2.24. The third kappa shape index (κ3) is 7.05. The number of benzene rings is 3. The highest BCUT2D eigenvalue weighted by molar-refractivity contribution is 5.75. The Bertz CT molecular complexity index is 1590. The van der Waals surface area contributed by atoms with Crippen LogP contribution in [0.15, 0.2) is 73.1 Å². The number of ketones is 1. The van der Waals surface area contributed by atoms with Gasteiger partial charge in [-0.2, -0.15) is 5.26 Å². The van der Waals surface area contributed by atoms with Crippen molar-refractivity contribution in [2.75, 3.05) is 6.54 Å². The second-order valence-electron chi connectivity index (χ2n) is 10.9. The summed E-state index contributed by atoms with van der Waals surface area (Å²) in [6.07, 6.45) is 7.69. The van der Waals surface area contributed by atoms with Crippen LogP contribution >= 0.6 is 0 Å². The van der Waals surface area contributed by atoms with Crippen molar-refractivity contribution in [3.05, 3.63) is 112 Å². The van der Waals surface area contributed by atoms with Crippen molar-refractivity contribution >= 4 is 5.78 Å². The quantitative estimate of drug-likeness (QED) is 0.177. The molecule has 5 rings (SSSR count). The number of nitrogens with one attached hydrogen (secondary N) is 1. The number of hydrogen-bond acceptors (Lipinski definition) is 6. The molecule has 0 bridgehead atoms. The van der Waals surface area contributed by atoms with E-state index in [2.05, 4.69) is 65.8 Å². The maximum Gasteiger partial charge on any atom is 0.129 e. The summed E-state index contributed by atoms with van der Waals surface area (Å²) in [7, 11) is 0. The summed E-state index contributed by atoms with van der Waals surface area (Å²) in [4.78, 5) is 15.6. The zero-order valence-electron chi connectivity index (χ0n) is 24.4. The second-order valence-corrected chi connectivity index (χ2v) is 10.9. The first-order valence-electron chi connectivity index (χ1n) is 14.6. The van der Waals surface area contributed by atoms with E-state index in [1.807, 2.05) is 12.1 Å². The number of pyridine rings is 1. The molecule has 4 aromatic rings. The Balaban J connectivity index is 1.40. The minimum Gasteiger partial charge on any atom is -0.488 e. The standard InChI is InChI=1S/C36H37N3O3/c1-25(40)9-8-16-38-22-34-32-14-7-15-33(32)35(18-36(34)41-23-28-17-27(19-37)20-39-21-28)42-24-30-12-6-13-31(26(30)2)29-10-4-3-5-11-29/h3-6,10-13,17-18,20-21,38H,7-9,14-16,22-24H2,1-2H3. The predicted molar refractivity (Wildman–Crippen MR) is 164 cm³/mol. The van der Waals surface area contributed by atoms with E-state index in [1.54, 1.807) is 25.4 Å². The molecule has 0 unspecified atom stereocenters. The SMILES string of the molecule is CC(=O)CCCNCc1c(OCc2cncc(C#N)c2)cc(OCc2cccc(-c3ccccc3)c2C)c2c1CCC2. The number of carbonyl (C=O) groups is 1. The molecule has 0 saturated carbocycles. The van der Waals surface area contributed by atoms with Crippen molar-refractivity contribution in [3.8, 4) is 28.7 Å². The van der Waals surface area contributed by atoms with E-state index in [4.69, 9.17) is 9.47 Å². The maximum absolute atomic E-state index is 11.4. The van der Waals surface area contributed by atoms with Crippen molar-refractivity contribution in [1.29, 1.82) is 5.26 Å². The Hall–Kier alpha value is -4.47. The molecule has 1 aromatic heterocycles. The van der Waals surface area contributed by atoms with Crippen LogP contribution in [0.1, 0.15) is 65.1 Å². The first-order valence-corrected chi connectivity index (χ1v) is 14.6. The van der Waals surface area contributed by atoms with Gasteiger partial charge in [-0.25, -0.2) is 0 Å². The number of rotatable bonds is 13. The van der Waals surface area contributed by atoms with Crippen LogP contribution < -0.4 is 14.8 Å². The summed E-state index contributed by atoms with van der Waals surface area (Å²) in [5, 5.41) is 12.8. The van der Waals surface area contributed by atoms with E-state index >= 15 is 0 Å². The third-order valence-electron chi connectivity index (χ3n) is 7.86. The van der Waals surface area contributed by atoms with Gasteiger partial charge < -0.3 is 19.6 Å². The molecule has 3 aromatic carbocycles. The number of ether oxygens (including phenoxy) is 2. The molecule has 1 aliphatic rings. The lowest BCUT2D eigenvalue weighted by Gasteiger charge is -2.20. The van der Waals surface area contributed by atoms with Gasteiger partial charge in [-0.05, 0) is 85.5 Å². The largest absolute Gasteiger partial charge is 0.488 e. The van der Waals surface area contributed by atoms with Crippen LogP contribution in [0.5, 0.6) is 11.5 Å². The number of Topliss-reactive ketones (excluding diaryl/α,β-unsaturated/α-hetero) is 1. The molecule has 6 heteroatoms. The fourth-order valence-corrected chi connectivity index (χ4v) is 5.63. The van der Waals surface area contributed by atoms with Crippen molar-refractivity contribution in [2.45, 2.75) is 65.7 Å². The van der Waals surface area contributed by atoms with Crippen LogP contribution in [-0.4, -0.2) is 17.3 Å². The number of fused-ring (bicyclic) bond motifs is 1. The number of carbonyl (C=O) groups excluding carboxylic acids is 1. The lowest BCUT2D eigenvalue weighted by Crippen LogP contribution is -2.18. The molecule has 214 valence electrons. The van der Waals surface area contributed by atoms with Gasteiger partial charge in [0.25, 0.3) is 0 Å². The van der Waals surface area contributed by atoms with Crippen LogP contribution in [0.2, 0.25) is 0 Å². The van der Waals surface area contributed by atoms with Gasteiger partial charge in [0, 0.05) is 42.6 Å². The first kappa shape index (κ1) is 29.0. The van der Waals surface area contributed by atoms with Gasteiger partial charge in [0.2, 0.25) is 0 Å². The van der Waals surface area contributed by atoms with Crippen molar-refractivity contribution in [1.82, 2.24) is 10.3 Å². The average Bonchev–Trinajstić information content (AvgIpc) is 3.51. The topological polar surface area (TPSA) is 84.2 Å². The molecule has 1 N–H and O–H groups in total. The Morgan fingerprint density at radius 1 is 0.976 bits per heavy atom. The van der Waals surface area contributed by atoms with Gasteiger partial charge in [-0.15, -0.1) is 0 Å². The molecule has 0 fully saturated rings. The number of nitrogens with zero attached hydrogens (tertiary/aromatic N) is 2.